The van der Waals surface area contributed by atoms with Gasteiger partial charge in [0.15, 0.2) is 0 Å². The largest absolute Gasteiger partial charge is 0.494 e. The van der Waals surface area contributed by atoms with Crippen molar-refractivity contribution in [3.8, 4) is 17.0 Å². The second-order valence-corrected chi connectivity index (χ2v) is 9.56. The summed E-state index contributed by atoms with van der Waals surface area (Å²) in [4.78, 5) is 4.75. The average Bonchev–Trinajstić information content (AvgIpc) is 2.82. The smallest absolute Gasteiger partial charge is 0.119 e. The van der Waals surface area contributed by atoms with Crippen LogP contribution in [-0.4, -0.2) is 11.6 Å². The summed E-state index contributed by atoms with van der Waals surface area (Å²) in [6.07, 6.45) is 19.6. The van der Waals surface area contributed by atoms with Crippen molar-refractivity contribution in [2.24, 2.45) is 11.8 Å². The Hall–Kier alpha value is -1.83. The van der Waals surface area contributed by atoms with Crippen LogP contribution in [0.3, 0.4) is 0 Å². The number of ether oxygens (including phenoxy) is 1. The highest BCUT2D eigenvalue weighted by Crippen LogP contribution is 2.34. The first-order valence-electron chi connectivity index (χ1n) is 13.0. The first kappa shape index (κ1) is 23.8. The second kappa shape index (κ2) is 13.6. The first-order chi connectivity index (χ1) is 15.3. The number of benzene rings is 1. The van der Waals surface area contributed by atoms with Crippen LogP contribution in [0, 0.1) is 11.8 Å². The quantitative estimate of drug-likeness (QED) is 0.302. The zero-order valence-corrected chi connectivity index (χ0v) is 20.0. The predicted octanol–water partition coefficient (Wildman–Crippen LogP) is 8.64. The molecule has 1 aliphatic rings. The lowest BCUT2D eigenvalue weighted by molar-refractivity contribution is 0.240. The zero-order valence-electron chi connectivity index (χ0n) is 20.0. The lowest BCUT2D eigenvalue weighted by Gasteiger charge is -2.29. The number of hydrogen-bond acceptors (Lipinski definition) is 2. The molecule has 0 spiro atoms. The lowest BCUT2D eigenvalue weighted by atomic mass is 9.77. The molecule has 0 saturated heterocycles. The number of pyridine rings is 1. The molecule has 2 heteroatoms. The number of aromatic nitrogens is 1. The molecular formula is C29H43NO. The number of hydrogen-bond donors (Lipinski definition) is 0. The van der Waals surface area contributed by atoms with E-state index in [-0.39, 0.29) is 0 Å². The summed E-state index contributed by atoms with van der Waals surface area (Å²) in [5.41, 5.74) is 3.59. The van der Waals surface area contributed by atoms with Crippen LogP contribution in [0.1, 0.15) is 96.5 Å². The third-order valence-corrected chi connectivity index (χ3v) is 6.94. The van der Waals surface area contributed by atoms with E-state index in [1.165, 1.54) is 82.6 Å². The van der Waals surface area contributed by atoms with Crippen molar-refractivity contribution in [1.29, 1.82) is 0 Å². The van der Waals surface area contributed by atoms with Crippen molar-refractivity contribution in [1.82, 2.24) is 4.98 Å². The van der Waals surface area contributed by atoms with E-state index in [9.17, 15) is 0 Å². The molecule has 1 aromatic carbocycles. The molecule has 2 unspecified atom stereocenters. The molecule has 170 valence electrons. The highest BCUT2D eigenvalue weighted by molar-refractivity contribution is 5.60. The molecule has 31 heavy (non-hydrogen) atoms. The number of rotatable bonds is 13. The van der Waals surface area contributed by atoms with Gasteiger partial charge in [-0.25, -0.2) is 0 Å². The van der Waals surface area contributed by atoms with E-state index in [1.54, 1.807) is 0 Å². The standard InChI is InChI=1S/C29H43NO/c1-3-5-7-10-24-11-9-12-25(22-24)13-14-26-15-20-29(30-23-26)27-16-18-28(19-17-27)31-21-8-6-4-2/h15-20,23-25H,3-14,21-22H2,1-2H3. The monoisotopic (exact) mass is 421 g/mol. The van der Waals surface area contributed by atoms with Gasteiger partial charge in [0, 0.05) is 11.8 Å². The van der Waals surface area contributed by atoms with Gasteiger partial charge in [0.1, 0.15) is 5.75 Å². The van der Waals surface area contributed by atoms with Crippen molar-refractivity contribution in [3.63, 3.8) is 0 Å². The van der Waals surface area contributed by atoms with Gasteiger partial charge in [0.05, 0.1) is 12.3 Å². The molecule has 0 bridgehead atoms. The highest BCUT2D eigenvalue weighted by Gasteiger charge is 2.21. The summed E-state index contributed by atoms with van der Waals surface area (Å²) in [6.45, 7) is 5.33. The van der Waals surface area contributed by atoms with Gasteiger partial charge in [-0.15, -0.1) is 0 Å². The third-order valence-electron chi connectivity index (χ3n) is 6.94. The Labute approximate surface area is 190 Å². The zero-order chi connectivity index (χ0) is 21.7. The molecule has 3 rings (SSSR count). The Balaban J connectivity index is 1.43. The molecule has 1 fully saturated rings. The Morgan fingerprint density at radius 1 is 0.839 bits per heavy atom. The van der Waals surface area contributed by atoms with Gasteiger partial charge in [-0.2, -0.15) is 0 Å². The van der Waals surface area contributed by atoms with E-state index in [4.69, 9.17) is 9.72 Å². The van der Waals surface area contributed by atoms with Crippen molar-refractivity contribution < 1.29 is 4.74 Å². The van der Waals surface area contributed by atoms with Crippen LogP contribution in [0.4, 0.5) is 0 Å². The normalized spacial score (nSPS) is 18.8. The first-order valence-corrected chi connectivity index (χ1v) is 13.0. The predicted molar refractivity (Wildman–Crippen MR) is 133 cm³/mol. The molecule has 1 aromatic heterocycles. The average molecular weight is 422 g/mol. The Bertz CT molecular complexity index is 721. The van der Waals surface area contributed by atoms with Gasteiger partial charge in [0.2, 0.25) is 0 Å². The van der Waals surface area contributed by atoms with Crippen molar-refractivity contribution in [2.75, 3.05) is 6.61 Å². The minimum absolute atomic E-state index is 0.806. The van der Waals surface area contributed by atoms with E-state index in [0.717, 1.165) is 41.9 Å². The third kappa shape index (κ3) is 8.31. The molecule has 1 aliphatic carbocycles. The molecule has 0 aliphatic heterocycles. The number of nitrogens with zero attached hydrogens (tertiary/aromatic N) is 1. The SMILES string of the molecule is CCCCCOc1ccc(-c2ccc(CCC3CCCC(CCCCC)C3)cn2)cc1. The Morgan fingerprint density at radius 3 is 2.29 bits per heavy atom. The fourth-order valence-corrected chi connectivity index (χ4v) is 4.99. The van der Waals surface area contributed by atoms with E-state index in [2.05, 4.69) is 56.4 Å². The molecule has 0 radical (unpaired) electrons. The van der Waals surface area contributed by atoms with Crippen LogP contribution < -0.4 is 4.74 Å². The minimum Gasteiger partial charge on any atom is -0.494 e. The van der Waals surface area contributed by atoms with Crippen molar-refractivity contribution >= 4 is 0 Å². The van der Waals surface area contributed by atoms with Crippen molar-refractivity contribution in [3.05, 3.63) is 48.2 Å². The summed E-state index contributed by atoms with van der Waals surface area (Å²) in [7, 11) is 0. The van der Waals surface area contributed by atoms with Crippen LogP contribution in [0.25, 0.3) is 11.3 Å². The Morgan fingerprint density at radius 2 is 1.58 bits per heavy atom. The van der Waals surface area contributed by atoms with Crippen molar-refractivity contribution in [2.45, 2.75) is 97.3 Å². The summed E-state index contributed by atoms with van der Waals surface area (Å²) in [6, 6.07) is 12.8. The van der Waals surface area contributed by atoms with Gasteiger partial charge in [-0.05, 0) is 73.4 Å². The van der Waals surface area contributed by atoms with Crippen LogP contribution in [0.15, 0.2) is 42.6 Å². The fraction of sp³-hybridized carbons (Fsp3) is 0.621. The topological polar surface area (TPSA) is 22.1 Å². The van der Waals surface area contributed by atoms with E-state index < -0.39 is 0 Å². The fourth-order valence-electron chi connectivity index (χ4n) is 4.99. The van der Waals surface area contributed by atoms with E-state index in [0.29, 0.717) is 0 Å². The van der Waals surface area contributed by atoms with E-state index in [1.807, 2.05) is 0 Å². The maximum atomic E-state index is 5.82. The molecule has 2 nitrogen and oxygen atoms in total. The summed E-state index contributed by atoms with van der Waals surface area (Å²) < 4.78 is 5.82. The second-order valence-electron chi connectivity index (χ2n) is 9.56. The van der Waals surface area contributed by atoms with E-state index >= 15 is 0 Å². The maximum Gasteiger partial charge on any atom is 0.119 e. The molecule has 0 N–H and O–H groups in total. The van der Waals surface area contributed by atoms with Crippen LogP contribution in [0.5, 0.6) is 5.75 Å². The molecule has 2 atom stereocenters. The number of unbranched alkanes of at least 4 members (excludes halogenated alkanes) is 4. The van der Waals surface area contributed by atoms with Gasteiger partial charge >= 0.3 is 0 Å². The molecule has 0 amide bonds. The summed E-state index contributed by atoms with van der Waals surface area (Å²) in [5, 5.41) is 0. The molecule has 2 aromatic rings. The summed E-state index contributed by atoms with van der Waals surface area (Å²) in [5.74, 6) is 2.87. The van der Waals surface area contributed by atoms with Gasteiger partial charge in [-0.1, -0.05) is 77.7 Å². The molecule has 1 saturated carbocycles. The Kier molecular flexibility index (Phi) is 10.4. The van der Waals surface area contributed by atoms with Crippen LogP contribution >= 0.6 is 0 Å². The number of aryl methyl sites for hydroxylation is 1. The minimum atomic E-state index is 0.806. The van der Waals surface area contributed by atoms with Gasteiger partial charge in [-0.3, -0.25) is 4.98 Å². The molecule has 1 heterocycles. The highest BCUT2D eigenvalue weighted by atomic mass is 16.5. The maximum absolute atomic E-state index is 5.82. The van der Waals surface area contributed by atoms with Crippen LogP contribution in [-0.2, 0) is 6.42 Å². The van der Waals surface area contributed by atoms with Gasteiger partial charge < -0.3 is 4.74 Å². The van der Waals surface area contributed by atoms with Gasteiger partial charge in [0.25, 0.3) is 0 Å². The summed E-state index contributed by atoms with van der Waals surface area (Å²) >= 11 is 0. The van der Waals surface area contributed by atoms with Crippen LogP contribution in [0.2, 0.25) is 0 Å². The lowest BCUT2D eigenvalue weighted by Crippen LogP contribution is -2.16. The molecular weight excluding hydrogens is 378 g/mol.